The van der Waals surface area contributed by atoms with E-state index in [4.69, 9.17) is 5.11 Å². The predicted octanol–water partition coefficient (Wildman–Crippen LogP) is 2.53. The van der Waals surface area contributed by atoms with E-state index in [0.29, 0.717) is 12.1 Å². The molecule has 0 atom stereocenters. The Bertz CT molecular complexity index is 369. The van der Waals surface area contributed by atoms with Gasteiger partial charge >= 0.3 is 5.97 Å². The Kier molecular flexibility index (Phi) is 2.97. The fourth-order valence-corrected chi connectivity index (χ4v) is 1.13. The Morgan fingerprint density at radius 2 is 1.73 bits per heavy atom. The van der Waals surface area contributed by atoms with E-state index in [1.54, 1.807) is 0 Å². The van der Waals surface area contributed by atoms with E-state index in [1.165, 1.54) is 0 Å². The van der Waals surface area contributed by atoms with Gasteiger partial charge in [0, 0.05) is 0 Å². The highest BCUT2D eigenvalue weighted by molar-refractivity contribution is 5.68. The van der Waals surface area contributed by atoms with Crippen molar-refractivity contribution in [2.45, 2.75) is 12.3 Å². The van der Waals surface area contributed by atoms with Crippen LogP contribution in [0, 0.1) is 11.6 Å². The summed E-state index contributed by atoms with van der Waals surface area (Å²) in [4.78, 5) is 10.1. The summed E-state index contributed by atoms with van der Waals surface area (Å²) in [6.45, 7) is 0. The number of hydrogen-bond donors (Lipinski definition) is 1. The number of carboxylic acids is 1. The van der Waals surface area contributed by atoms with Crippen LogP contribution in [-0.2, 0) is 10.7 Å². The summed E-state index contributed by atoms with van der Waals surface area (Å²) in [5.74, 6) is -8.80. The van der Waals surface area contributed by atoms with Crippen LogP contribution in [0.15, 0.2) is 18.2 Å². The zero-order valence-electron chi connectivity index (χ0n) is 7.31. The van der Waals surface area contributed by atoms with Gasteiger partial charge in [-0.25, -0.2) is 17.6 Å². The molecular formula is C9H6F4O2. The number of benzene rings is 1. The van der Waals surface area contributed by atoms with E-state index in [9.17, 15) is 22.4 Å². The van der Waals surface area contributed by atoms with E-state index in [-0.39, 0.29) is 0 Å². The highest BCUT2D eigenvalue weighted by Crippen LogP contribution is 2.35. The molecular weight excluding hydrogens is 216 g/mol. The van der Waals surface area contributed by atoms with Crippen LogP contribution in [0.5, 0.6) is 0 Å². The molecule has 0 bridgehead atoms. The maximum Gasteiger partial charge on any atom is 0.309 e. The number of hydrogen-bond acceptors (Lipinski definition) is 1. The zero-order valence-corrected chi connectivity index (χ0v) is 7.31. The fourth-order valence-electron chi connectivity index (χ4n) is 1.13. The first-order valence-corrected chi connectivity index (χ1v) is 3.88. The molecule has 0 aromatic heterocycles. The summed E-state index contributed by atoms with van der Waals surface area (Å²) in [6.07, 6.45) is -1.65. The summed E-state index contributed by atoms with van der Waals surface area (Å²) in [5, 5.41) is 8.17. The highest BCUT2D eigenvalue weighted by atomic mass is 19.3. The number of rotatable bonds is 3. The Labute approximate surface area is 82.1 Å². The molecule has 82 valence electrons. The average Bonchev–Trinajstić information content (AvgIpc) is 1.99. The van der Waals surface area contributed by atoms with Crippen LogP contribution in [-0.4, -0.2) is 11.1 Å². The Balaban J connectivity index is 3.19. The molecule has 1 aromatic rings. The molecule has 1 aromatic carbocycles. The van der Waals surface area contributed by atoms with Crippen molar-refractivity contribution in [2.24, 2.45) is 0 Å². The van der Waals surface area contributed by atoms with Gasteiger partial charge in [-0.15, -0.1) is 0 Å². The van der Waals surface area contributed by atoms with Crippen LogP contribution >= 0.6 is 0 Å². The Morgan fingerprint density at radius 3 is 2.13 bits per heavy atom. The number of alkyl halides is 2. The van der Waals surface area contributed by atoms with Crippen LogP contribution in [0.1, 0.15) is 12.0 Å². The second kappa shape index (κ2) is 3.88. The Morgan fingerprint density at radius 1 is 1.27 bits per heavy atom. The van der Waals surface area contributed by atoms with Crippen molar-refractivity contribution in [3.63, 3.8) is 0 Å². The molecule has 0 fully saturated rings. The molecule has 0 saturated heterocycles. The van der Waals surface area contributed by atoms with E-state index < -0.39 is 35.5 Å². The van der Waals surface area contributed by atoms with Crippen molar-refractivity contribution in [2.75, 3.05) is 0 Å². The molecule has 0 saturated carbocycles. The number of halogens is 4. The minimum absolute atomic E-state index is 0.647. The topological polar surface area (TPSA) is 37.3 Å². The predicted molar refractivity (Wildman–Crippen MR) is 42.5 cm³/mol. The van der Waals surface area contributed by atoms with Gasteiger partial charge in [0.15, 0.2) is 0 Å². The molecule has 0 radical (unpaired) electrons. The maximum absolute atomic E-state index is 13.1. The first-order valence-electron chi connectivity index (χ1n) is 3.88. The van der Waals surface area contributed by atoms with Gasteiger partial charge in [0.1, 0.15) is 18.1 Å². The van der Waals surface area contributed by atoms with E-state index in [2.05, 4.69) is 0 Å². The number of aliphatic carboxylic acids is 1. The van der Waals surface area contributed by atoms with Gasteiger partial charge < -0.3 is 5.11 Å². The first-order chi connectivity index (χ1) is 6.84. The largest absolute Gasteiger partial charge is 0.481 e. The number of carboxylic acid groups (broad SMARTS) is 1. The molecule has 2 nitrogen and oxygen atoms in total. The van der Waals surface area contributed by atoms with Gasteiger partial charge in [-0.05, 0) is 12.1 Å². The smallest absolute Gasteiger partial charge is 0.309 e. The zero-order chi connectivity index (χ0) is 11.6. The molecule has 1 rings (SSSR count). The van der Waals surface area contributed by atoms with Crippen LogP contribution in [0.4, 0.5) is 17.6 Å². The minimum Gasteiger partial charge on any atom is -0.481 e. The summed E-state index contributed by atoms with van der Waals surface area (Å²) < 4.78 is 51.9. The van der Waals surface area contributed by atoms with Crippen LogP contribution in [0.3, 0.4) is 0 Å². The molecule has 1 N–H and O–H groups in total. The van der Waals surface area contributed by atoms with Gasteiger partial charge in [-0.1, -0.05) is 6.07 Å². The molecule has 6 heteroatoms. The average molecular weight is 222 g/mol. The quantitative estimate of drug-likeness (QED) is 0.798. The lowest BCUT2D eigenvalue weighted by atomic mass is 10.0. The lowest BCUT2D eigenvalue weighted by molar-refractivity contribution is -0.145. The molecule has 0 amide bonds. The van der Waals surface area contributed by atoms with E-state index >= 15 is 0 Å². The van der Waals surface area contributed by atoms with Crippen molar-refractivity contribution in [3.05, 3.63) is 35.4 Å². The third-order valence-corrected chi connectivity index (χ3v) is 1.70. The van der Waals surface area contributed by atoms with Crippen molar-refractivity contribution in [1.29, 1.82) is 0 Å². The molecule has 0 unspecified atom stereocenters. The lowest BCUT2D eigenvalue weighted by Gasteiger charge is -2.15. The van der Waals surface area contributed by atoms with Gasteiger partial charge in [0.05, 0.1) is 5.56 Å². The summed E-state index contributed by atoms with van der Waals surface area (Å²) in [7, 11) is 0. The van der Waals surface area contributed by atoms with Crippen LogP contribution in [0.25, 0.3) is 0 Å². The van der Waals surface area contributed by atoms with Gasteiger partial charge in [0.2, 0.25) is 0 Å². The molecule has 0 heterocycles. The van der Waals surface area contributed by atoms with Crippen LogP contribution < -0.4 is 0 Å². The lowest BCUT2D eigenvalue weighted by Crippen LogP contribution is -2.21. The van der Waals surface area contributed by atoms with Crippen molar-refractivity contribution < 1.29 is 27.5 Å². The first kappa shape index (κ1) is 11.5. The van der Waals surface area contributed by atoms with Gasteiger partial charge in [-0.3, -0.25) is 4.79 Å². The fraction of sp³-hybridized carbons (Fsp3) is 0.222. The standard InChI is InChI=1S/C9H6F4O2/c10-5-2-1-3-6(11)8(5)9(12,13)4-7(14)15/h1-3H,4H2,(H,14,15). The third-order valence-electron chi connectivity index (χ3n) is 1.70. The Hall–Kier alpha value is -1.59. The van der Waals surface area contributed by atoms with E-state index in [0.717, 1.165) is 6.07 Å². The second-order valence-corrected chi connectivity index (χ2v) is 2.87. The second-order valence-electron chi connectivity index (χ2n) is 2.87. The SMILES string of the molecule is O=C(O)CC(F)(F)c1c(F)cccc1F. The third kappa shape index (κ3) is 2.45. The normalized spacial score (nSPS) is 11.5. The molecule has 0 spiro atoms. The monoisotopic (exact) mass is 222 g/mol. The number of carbonyl (C=O) groups is 1. The highest BCUT2D eigenvalue weighted by Gasteiger charge is 2.39. The summed E-state index contributed by atoms with van der Waals surface area (Å²) in [5.41, 5.74) is -1.51. The van der Waals surface area contributed by atoms with E-state index in [1.807, 2.05) is 0 Å². The van der Waals surface area contributed by atoms with Crippen molar-refractivity contribution in [3.8, 4) is 0 Å². The minimum atomic E-state index is -4.05. The summed E-state index contributed by atoms with van der Waals surface area (Å²) in [6, 6.07) is 2.22. The maximum atomic E-state index is 13.1. The molecule has 0 aliphatic rings. The van der Waals surface area contributed by atoms with Crippen molar-refractivity contribution >= 4 is 5.97 Å². The summed E-state index contributed by atoms with van der Waals surface area (Å²) >= 11 is 0. The molecule has 0 aliphatic heterocycles. The molecule has 15 heavy (non-hydrogen) atoms. The molecule has 0 aliphatic carbocycles. The van der Waals surface area contributed by atoms with Crippen LogP contribution in [0.2, 0.25) is 0 Å². The van der Waals surface area contributed by atoms with Crippen molar-refractivity contribution in [1.82, 2.24) is 0 Å². The van der Waals surface area contributed by atoms with Gasteiger partial charge in [-0.2, -0.15) is 0 Å². The van der Waals surface area contributed by atoms with Gasteiger partial charge in [0.25, 0.3) is 5.92 Å².